The molecule has 0 unspecified atom stereocenters. The summed E-state index contributed by atoms with van der Waals surface area (Å²) in [6.45, 7) is 4.57. The zero-order valence-electron chi connectivity index (χ0n) is 14.7. The van der Waals surface area contributed by atoms with Crippen molar-refractivity contribution < 1.29 is 14.3 Å². The van der Waals surface area contributed by atoms with Gasteiger partial charge in [0.25, 0.3) is 5.91 Å². The molecule has 0 aliphatic carbocycles. The van der Waals surface area contributed by atoms with Crippen molar-refractivity contribution >= 4 is 5.91 Å². The van der Waals surface area contributed by atoms with Crippen molar-refractivity contribution in [2.45, 2.75) is 25.7 Å². The molecule has 6 nitrogen and oxygen atoms in total. The maximum atomic E-state index is 13.0. The van der Waals surface area contributed by atoms with Gasteiger partial charge < -0.3 is 18.9 Å². The number of carbonyl (C=O) groups is 1. The van der Waals surface area contributed by atoms with Crippen LogP contribution in [-0.2, 0) is 7.05 Å². The van der Waals surface area contributed by atoms with E-state index in [1.54, 1.807) is 6.07 Å². The molecule has 25 heavy (non-hydrogen) atoms. The van der Waals surface area contributed by atoms with Gasteiger partial charge in [-0.15, -0.1) is 0 Å². The lowest BCUT2D eigenvalue weighted by atomic mass is 9.96. The summed E-state index contributed by atoms with van der Waals surface area (Å²) in [6.07, 6.45) is 4.10. The molecule has 0 radical (unpaired) electrons. The third-order valence-corrected chi connectivity index (χ3v) is 4.90. The van der Waals surface area contributed by atoms with Gasteiger partial charge >= 0.3 is 0 Å². The van der Waals surface area contributed by atoms with Crippen LogP contribution >= 0.6 is 0 Å². The molecule has 1 aromatic heterocycles. The van der Waals surface area contributed by atoms with Gasteiger partial charge in [0.05, 0.1) is 5.69 Å². The summed E-state index contributed by atoms with van der Waals surface area (Å²) in [4.78, 5) is 19.5. The number of fused-ring (bicyclic) bond motifs is 1. The first-order chi connectivity index (χ1) is 12.1. The number of hydrogen-bond acceptors (Lipinski definition) is 4. The minimum atomic E-state index is 0.0487. The summed E-state index contributed by atoms with van der Waals surface area (Å²) in [7, 11) is 2.02. The van der Waals surface area contributed by atoms with Gasteiger partial charge in [-0.25, -0.2) is 4.98 Å². The van der Waals surface area contributed by atoms with Crippen molar-refractivity contribution in [3.05, 3.63) is 41.5 Å². The van der Waals surface area contributed by atoms with E-state index < -0.39 is 0 Å². The third-order valence-electron chi connectivity index (χ3n) is 4.90. The second kappa shape index (κ2) is 6.43. The number of nitrogens with zero attached hydrogens (tertiary/aromatic N) is 3. The molecule has 1 amide bonds. The topological polar surface area (TPSA) is 56.6 Å². The van der Waals surface area contributed by atoms with Crippen LogP contribution in [0.5, 0.6) is 11.5 Å². The number of ether oxygens (including phenoxy) is 2. The van der Waals surface area contributed by atoms with Crippen LogP contribution in [0.4, 0.5) is 0 Å². The molecule has 1 aromatic carbocycles. The third kappa shape index (κ3) is 3.08. The molecule has 1 atom stereocenters. The number of benzene rings is 1. The summed E-state index contributed by atoms with van der Waals surface area (Å²) in [6, 6.07) is 5.45. The summed E-state index contributed by atoms with van der Waals surface area (Å²) < 4.78 is 13.2. The van der Waals surface area contributed by atoms with Crippen LogP contribution in [0, 0.1) is 6.92 Å². The van der Waals surface area contributed by atoms with Crippen LogP contribution in [0.3, 0.4) is 0 Å². The molecule has 1 saturated heterocycles. The van der Waals surface area contributed by atoms with Gasteiger partial charge in [-0.05, 0) is 38.0 Å². The number of imidazole rings is 1. The average Bonchev–Trinajstić information content (AvgIpc) is 2.99. The molecular weight excluding hydrogens is 318 g/mol. The quantitative estimate of drug-likeness (QED) is 0.842. The number of hydrogen-bond donors (Lipinski definition) is 0. The predicted octanol–water partition coefficient (Wildman–Crippen LogP) is 2.52. The van der Waals surface area contributed by atoms with Crippen LogP contribution in [-0.4, -0.2) is 46.7 Å². The normalized spacial score (nSPS) is 19.8. The van der Waals surface area contributed by atoms with Crippen LogP contribution in [0.2, 0.25) is 0 Å². The van der Waals surface area contributed by atoms with Crippen molar-refractivity contribution in [2.24, 2.45) is 7.05 Å². The van der Waals surface area contributed by atoms with Crippen LogP contribution in [0.1, 0.15) is 40.6 Å². The highest BCUT2D eigenvalue weighted by molar-refractivity contribution is 5.95. The van der Waals surface area contributed by atoms with E-state index >= 15 is 0 Å². The highest BCUT2D eigenvalue weighted by Crippen LogP contribution is 2.32. The molecule has 3 heterocycles. The van der Waals surface area contributed by atoms with E-state index in [9.17, 15) is 4.79 Å². The Morgan fingerprint density at radius 3 is 2.80 bits per heavy atom. The molecule has 0 saturated carbocycles. The van der Waals surface area contributed by atoms with E-state index in [1.165, 1.54) is 0 Å². The minimum absolute atomic E-state index is 0.0487. The molecule has 132 valence electrons. The van der Waals surface area contributed by atoms with Gasteiger partial charge in [0.1, 0.15) is 19.0 Å². The average molecular weight is 341 g/mol. The summed E-state index contributed by atoms with van der Waals surface area (Å²) in [5, 5.41) is 0. The Kier molecular flexibility index (Phi) is 4.11. The standard InChI is InChI=1S/C19H23N3O3/c1-13-11-21(2)18(20-13)15-4-3-7-22(12-15)19(23)14-5-6-16-17(10-14)25-9-8-24-16/h5-6,10-11,15H,3-4,7-9,12H2,1-2H3/t15-/m0/s1. The first kappa shape index (κ1) is 16.0. The van der Waals surface area contributed by atoms with Crippen molar-refractivity contribution in [2.75, 3.05) is 26.3 Å². The zero-order chi connectivity index (χ0) is 17.4. The fourth-order valence-corrected chi connectivity index (χ4v) is 3.75. The molecule has 6 heteroatoms. The van der Waals surface area contributed by atoms with E-state index in [0.29, 0.717) is 36.8 Å². The number of amides is 1. The Labute approximate surface area is 147 Å². The number of carbonyl (C=O) groups excluding carboxylic acids is 1. The Morgan fingerprint density at radius 2 is 2.04 bits per heavy atom. The molecular formula is C19H23N3O3. The lowest BCUT2D eigenvalue weighted by molar-refractivity contribution is 0.0702. The van der Waals surface area contributed by atoms with E-state index in [2.05, 4.69) is 9.55 Å². The van der Waals surface area contributed by atoms with Crippen LogP contribution in [0.15, 0.2) is 24.4 Å². The fourth-order valence-electron chi connectivity index (χ4n) is 3.75. The molecule has 2 aliphatic heterocycles. The van der Waals surface area contributed by atoms with Gasteiger partial charge in [0, 0.05) is 37.8 Å². The Morgan fingerprint density at radius 1 is 1.24 bits per heavy atom. The highest BCUT2D eigenvalue weighted by atomic mass is 16.6. The summed E-state index contributed by atoms with van der Waals surface area (Å²) in [5.74, 6) is 2.77. The number of aromatic nitrogens is 2. The van der Waals surface area contributed by atoms with Crippen molar-refractivity contribution in [3.8, 4) is 11.5 Å². The molecule has 0 spiro atoms. The predicted molar refractivity (Wildman–Crippen MR) is 93.3 cm³/mol. The van der Waals surface area contributed by atoms with E-state index in [4.69, 9.17) is 9.47 Å². The number of piperidine rings is 1. The second-order valence-corrected chi connectivity index (χ2v) is 6.80. The lowest BCUT2D eigenvalue weighted by Crippen LogP contribution is -2.39. The van der Waals surface area contributed by atoms with Crippen molar-refractivity contribution in [1.29, 1.82) is 0 Å². The molecule has 0 N–H and O–H groups in total. The maximum absolute atomic E-state index is 13.0. The smallest absolute Gasteiger partial charge is 0.254 e. The first-order valence-corrected chi connectivity index (χ1v) is 8.80. The van der Waals surface area contributed by atoms with Crippen molar-refractivity contribution in [1.82, 2.24) is 14.5 Å². The summed E-state index contributed by atoms with van der Waals surface area (Å²) in [5.41, 5.74) is 1.67. The minimum Gasteiger partial charge on any atom is -0.486 e. The van der Waals surface area contributed by atoms with E-state index in [-0.39, 0.29) is 11.8 Å². The monoisotopic (exact) mass is 341 g/mol. The van der Waals surface area contributed by atoms with E-state index in [0.717, 1.165) is 30.9 Å². The van der Waals surface area contributed by atoms with Gasteiger partial charge in [0.15, 0.2) is 11.5 Å². The highest BCUT2D eigenvalue weighted by Gasteiger charge is 2.28. The van der Waals surface area contributed by atoms with Gasteiger partial charge in [-0.2, -0.15) is 0 Å². The van der Waals surface area contributed by atoms with Crippen molar-refractivity contribution in [3.63, 3.8) is 0 Å². The zero-order valence-corrected chi connectivity index (χ0v) is 14.7. The number of likely N-dealkylation sites (tertiary alicyclic amines) is 1. The second-order valence-electron chi connectivity index (χ2n) is 6.80. The molecule has 2 aromatic rings. The fraction of sp³-hybridized carbons (Fsp3) is 0.474. The Hall–Kier alpha value is -2.50. The Bertz CT molecular complexity index is 799. The summed E-state index contributed by atoms with van der Waals surface area (Å²) >= 11 is 0. The van der Waals surface area contributed by atoms with E-state index in [1.807, 2.05) is 37.2 Å². The number of rotatable bonds is 2. The number of aryl methyl sites for hydroxylation is 2. The van der Waals surface area contributed by atoms with Crippen LogP contribution < -0.4 is 9.47 Å². The van der Waals surface area contributed by atoms with Crippen LogP contribution in [0.25, 0.3) is 0 Å². The Balaban J connectivity index is 1.53. The molecule has 4 rings (SSSR count). The molecule has 2 aliphatic rings. The maximum Gasteiger partial charge on any atom is 0.254 e. The first-order valence-electron chi connectivity index (χ1n) is 8.80. The van der Waals surface area contributed by atoms with Gasteiger partial charge in [-0.1, -0.05) is 0 Å². The molecule has 1 fully saturated rings. The molecule has 0 bridgehead atoms. The largest absolute Gasteiger partial charge is 0.486 e. The SMILES string of the molecule is Cc1cn(C)c([C@H]2CCCN(C(=O)c3ccc4c(c3)OCCO4)C2)n1. The lowest BCUT2D eigenvalue weighted by Gasteiger charge is -2.32. The van der Waals surface area contributed by atoms with Gasteiger partial charge in [-0.3, -0.25) is 4.79 Å². The van der Waals surface area contributed by atoms with Gasteiger partial charge in [0.2, 0.25) is 0 Å².